The summed E-state index contributed by atoms with van der Waals surface area (Å²) in [5, 5.41) is 21.9. The number of hydrogen-bond acceptors (Lipinski definition) is 0. The van der Waals surface area contributed by atoms with Gasteiger partial charge in [0.05, 0.1) is 11.0 Å². The van der Waals surface area contributed by atoms with E-state index in [0.717, 1.165) is 0 Å². The van der Waals surface area contributed by atoms with Crippen molar-refractivity contribution in [1.29, 1.82) is 0 Å². The summed E-state index contributed by atoms with van der Waals surface area (Å²) in [5.41, 5.74) is 15.7. The van der Waals surface area contributed by atoms with Crippen LogP contribution in [0.5, 0.6) is 0 Å². The Morgan fingerprint density at radius 3 is 1.09 bits per heavy atom. The van der Waals surface area contributed by atoms with E-state index in [-0.39, 0.29) is 6.71 Å². The molecule has 3 heteroatoms. The number of nitrogens with zero attached hydrogens (tertiary/aromatic N) is 2. The molecule has 0 saturated heterocycles. The minimum Gasteiger partial charge on any atom is -0.310 e. The molecule has 69 heavy (non-hydrogen) atoms. The van der Waals surface area contributed by atoms with Crippen LogP contribution < -0.4 is 16.4 Å². The first-order valence-electron chi connectivity index (χ1n) is 26.1. The second kappa shape index (κ2) is 13.7. The van der Waals surface area contributed by atoms with Crippen LogP contribution in [0.25, 0.3) is 120 Å². The zero-order chi connectivity index (χ0) is 44.6. The molecule has 2 aromatic heterocycles. The van der Waals surface area contributed by atoms with Gasteiger partial charge in [-0.05, 0) is 155 Å². The van der Waals surface area contributed by atoms with E-state index in [0.29, 0.717) is 11.8 Å². The van der Waals surface area contributed by atoms with Gasteiger partial charge >= 0.3 is 0 Å². The highest BCUT2D eigenvalue weighted by Gasteiger charge is 2.42. The Balaban J connectivity index is 1.07. The fourth-order valence-corrected chi connectivity index (χ4v) is 15.4. The van der Waals surface area contributed by atoms with Crippen molar-refractivity contribution in [3.63, 3.8) is 0 Å². The first kappa shape index (κ1) is 37.6. The minimum absolute atomic E-state index is 0.106. The van der Waals surface area contributed by atoms with Gasteiger partial charge in [0.1, 0.15) is 0 Å². The Morgan fingerprint density at radius 1 is 0.319 bits per heavy atom. The first-order chi connectivity index (χ1) is 34.3. The molecule has 0 unspecified atom stereocenters. The predicted octanol–water partition coefficient (Wildman–Crippen LogP) is 16.0. The molecule has 17 rings (SSSR count). The van der Waals surface area contributed by atoms with Gasteiger partial charge in [-0.3, -0.25) is 0 Å². The third-order valence-electron chi connectivity index (χ3n) is 18.2. The van der Waals surface area contributed by atoms with E-state index in [1.807, 2.05) is 0 Å². The summed E-state index contributed by atoms with van der Waals surface area (Å²) in [5.74, 6) is 1.14. The Bertz CT molecular complexity index is 4110. The van der Waals surface area contributed by atoms with Crippen molar-refractivity contribution in [2.24, 2.45) is 0 Å². The molecule has 2 nitrogen and oxygen atoms in total. The highest BCUT2D eigenvalue weighted by atomic mass is 15.0. The largest absolute Gasteiger partial charge is 0.310 e. The Labute approximate surface area is 400 Å². The molecular formula is C66H49BN2. The maximum Gasteiger partial charge on any atom is 0.252 e. The zero-order valence-corrected chi connectivity index (χ0v) is 38.8. The lowest BCUT2D eigenvalue weighted by atomic mass is 9.34. The molecule has 2 aliphatic heterocycles. The number of hydrogen-bond donors (Lipinski definition) is 0. The van der Waals surface area contributed by atoms with E-state index in [2.05, 4.69) is 173 Å². The second-order valence-corrected chi connectivity index (χ2v) is 21.4. The van der Waals surface area contributed by atoms with Crippen molar-refractivity contribution in [1.82, 2.24) is 9.13 Å². The van der Waals surface area contributed by atoms with Crippen molar-refractivity contribution in [3.8, 4) is 11.4 Å². The molecule has 11 aromatic carbocycles. The summed E-state index contributed by atoms with van der Waals surface area (Å²) in [6, 6.07) is 64.6. The van der Waals surface area contributed by atoms with E-state index in [1.54, 1.807) is 11.1 Å². The van der Waals surface area contributed by atoms with Crippen molar-refractivity contribution < 1.29 is 0 Å². The Morgan fingerprint density at radius 2 is 0.681 bits per heavy atom. The lowest BCUT2D eigenvalue weighted by molar-refractivity contribution is 0.444. The first-order valence-corrected chi connectivity index (χ1v) is 26.1. The molecule has 0 amide bonds. The lowest BCUT2D eigenvalue weighted by Crippen LogP contribution is -2.59. The molecule has 2 saturated carbocycles. The standard InChI is InChI=1S/C66H49BN2/c1-3-16-38(17-4-1)40-34-52-62-56(32-30-50-46-24-9-7-20-42(46)44-22-11-13-26-48(44)60(50)62)68-58-28-15-29-59-64(58)67(54(36-40)65(52)68)55-37-41(39-18-5-2-6-19-39)35-53-63-57(69(59)66(53)55)33-31-51-47-25-10-8-21-43(47)45-23-12-14-27-49(45)61(51)63/h7-15,20-39H,1-6,16-19H2. The highest BCUT2D eigenvalue weighted by molar-refractivity contribution is 7.00. The molecule has 0 radical (unpaired) electrons. The van der Waals surface area contributed by atoms with E-state index in [9.17, 15) is 0 Å². The summed E-state index contributed by atoms with van der Waals surface area (Å²) in [7, 11) is 0. The van der Waals surface area contributed by atoms with Gasteiger partial charge in [-0.15, -0.1) is 0 Å². The fraction of sp³-hybridized carbons (Fsp3) is 0.182. The Kier molecular flexibility index (Phi) is 7.45. The molecule has 13 aromatic rings. The minimum atomic E-state index is 0.106. The SMILES string of the molecule is c1cc2c3c(c1)-n1c4ccc5c6ccccc6c6ccccc6c5c4c4cc(C5CCCCC5)cc(c41)B3c1cc(C3CCCCC3)cc3c4c5c6ccccc6c6ccccc6c5ccc4n-2c13. The number of benzene rings is 11. The van der Waals surface area contributed by atoms with Crippen LogP contribution in [0.4, 0.5) is 0 Å². The quantitative estimate of drug-likeness (QED) is 0.121. The highest BCUT2D eigenvalue weighted by Crippen LogP contribution is 2.49. The van der Waals surface area contributed by atoms with Crippen LogP contribution in [-0.2, 0) is 0 Å². The van der Waals surface area contributed by atoms with Gasteiger partial charge in [0, 0.05) is 54.7 Å². The number of rotatable bonds is 2. The van der Waals surface area contributed by atoms with Crippen LogP contribution in [0, 0.1) is 0 Å². The van der Waals surface area contributed by atoms with Gasteiger partial charge in [0.25, 0.3) is 6.71 Å². The zero-order valence-electron chi connectivity index (χ0n) is 38.8. The number of fused-ring (bicyclic) bond motifs is 24. The van der Waals surface area contributed by atoms with Crippen molar-refractivity contribution in [3.05, 3.63) is 175 Å². The molecule has 4 aliphatic rings. The molecule has 0 spiro atoms. The van der Waals surface area contributed by atoms with Gasteiger partial charge in [0.15, 0.2) is 0 Å². The summed E-state index contributed by atoms with van der Waals surface area (Å²) < 4.78 is 5.44. The summed E-state index contributed by atoms with van der Waals surface area (Å²) >= 11 is 0. The summed E-state index contributed by atoms with van der Waals surface area (Å²) in [4.78, 5) is 0. The monoisotopic (exact) mass is 880 g/mol. The van der Waals surface area contributed by atoms with Gasteiger partial charge in [0.2, 0.25) is 0 Å². The third kappa shape index (κ3) is 4.79. The van der Waals surface area contributed by atoms with Gasteiger partial charge in [-0.2, -0.15) is 0 Å². The van der Waals surface area contributed by atoms with Gasteiger partial charge in [-0.25, -0.2) is 0 Å². The van der Waals surface area contributed by atoms with Crippen LogP contribution in [-0.4, -0.2) is 15.8 Å². The maximum absolute atomic E-state index is 2.74. The van der Waals surface area contributed by atoms with Crippen LogP contribution in [0.1, 0.15) is 87.2 Å². The molecular weight excluding hydrogens is 832 g/mol. The van der Waals surface area contributed by atoms with Crippen LogP contribution >= 0.6 is 0 Å². The average Bonchev–Trinajstić information content (AvgIpc) is 3.95. The van der Waals surface area contributed by atoms with Crippen molar-refractivity contribution >= 4 is 131 Å². The van der Waals surface area contributed by atoms with Crippen molar-refractivity contribution in [2.45, 2.75) is 76.0 Å². The van der Waals surface area contributed by atoms with E-state index < -0.39 is 0 Å². The smallest absolute Gasteiger partial charge is 0.252 e. The molecule has 4 heterocycles. The maximum atomic E-state index is 2.74. The average molecular weight is 881 g/mol. The second-order valence-electron chi connectivity index (χ2n) is 21.4. The molecule has 0 N–H and O–H groups in total. The molecule has 2 aliphatic carbocycles. The van der Waals surface area contributed by atoms with Gasteiger partial charge in [-0.1, -0.05) is 166 Å². The molecule has 0 bridgehead atoms. The molecule has 326 valence electrons. The third-order valence-corrected chi connectivity index (χ3v) is 18.2. The normalized spacial score (nSPS) is 16.3. The lowest BCUT2D eigenvalue weighted by Gasteiger charge is -2.35. The summed E-state index contributed by atoms with van der Waals surface area (Å²) in [6.45, 7) is 0.106. The Hall–Kier alpha value is -7.36. The van der Waals surface area contributed by atoms with Crippen LogP contribution in [0.2, 0.25) is 0 Å². The molecule has 2 fully saturated rings. The van der Waals surface area contributed by atoms with E-state index in [1.165, 1.54) is 200 Å². The van der Waals surface area contributed by atoms with E-state index >= 15 is 0 Å². The topological polar surface area (TPSA) is 9.86 Å². The van der Waals surface area contributed by atoms with Crippen LogP contribution in [0.3, 0.4) is 0 Å². The van der Waals surface area contributed by atoms with Crippen LogP contribution in [0.15, 0.2) is 164 Å². The fourth-order valence-electron chi connectivity index (χ4n) is 15.4. The predicted molar refractivity (Wildman–Crippen MR) is 296 cm³/mol. The molecule has 0 atom stereocenters. The number of aromatic nitrogens is 2. The van der Waals surface area contributed by atoms with Crippen molar-refractivity contribution in [2.75, 3.05) is 0 Å². The summed E-state index contributed by atoms with van der Waals surface area (Å²) in [6.07, 6.45) is 13.1. The van der Waals surface area contributed by atoms with E-state index in [4.69, 9.17) is 0 Å². The van der Waals surface area contributed by atoms with Gasteiger partial charge < -0.3 is 9.13 Å².